The molecule has 0 saturated heterocycles. The number of carbonyl (C=O) groups is 1. The van der Waals surface area contributed by atoms with Crippen molar-refractivity contribution in [1.82, 2.24) is 0 Å². The van der Waals surface area contributed by atoms with E-state index >= 15 is 0 Å². The minimum atomic E-state index is -2.47. The third-order valence-corrected chi connectivity index (χ3v) is 2.30. The summed E-state index contributed by atoms with van der Waals surface area (Å²) in [4.78, 5) is 10.8. The van der Waals surface area contributed by atoms with E-state index in [-0.39, 0.29) is 5.56 Å². The van der Waals surface area contributed by atoms with Crippen LogP contribution in [-0.4, -0.2) is 25.3 Å². The summed E-state index contributed by atoms with van der Waals surface area (Å²) in [5.74, 6) is -0.859. The van der Waals surface area contributed by atoms with Gasteiger partial charge < -0.3 is 14.6 Å². The molecule has 0 spiro atoms. The minimum Gasteiger partial charge on any atom is -0.497 e. The zero-order valence-electron chi connectivity index (χ0n) is 9.28. The predicted octanol–water partition coefficient (Wildman–Crippen LogP) is 1.97. The van der Waals surface area contributed by atoms with Crippen molar-refractivity contribution in [3.05, 3.63) is 23.8 Å². The van der Waals surface area contributed by atoms with Crippen molar-refractivity contribution in [3.63, 3.8) is 0 Å². The predicted molar refractivity (Wildman–Crippen MR) is 55.6 cm³/mol. The van der Waals surface area contributed by atoms with Gasteiger partial charge in [0.2, 0.25) is 5.67 Å². The highest BCUT2D eigenvalue weighted by atomic mass is 19.1. The van der Waals surface area contributed by atoms with Gasteiger partial charge in [-0.1, -0.05) is 0 Å². The Morgan fingerprint density at radius 2 is 1.69 bits per heavy atom. The smallest absolute Gasteiger partial charge is 0.345 e. The molecule has 88 valence electrons. The highest BCUT2D eigenvalue weighted by Gasteiger charge is 2.35. The molecular formula is C11H13FO4. The molecule has 0 aliphatic carbocycles. The second kappa shape index (κ2) is 4.38. The van der Waals surface area contributed by atoms with E-state index in [1.165, 1.54) is 26.4 Å². The van der Waals surface area contributed by atoms with E-state index < -0.39 is 11.6 Å². The fourth-order valence-corrected chi connectivity index (χ4v) is 1.20. The van der Waals surface area contributed by atoms with Gasteiger partial charge in [0.05, 0.1) is 14.2 Å². The van der Waals surface area contributed by atoms with Crippen LogP contribution in [0.15, 0.2) is 18.2 Å². The van der Waals surface area contributed by atoms with E-state index in [2.05, 4.69) is 0 Å². The normalized spacial score (nSPS) is 14.0. The molecule has 1 rings (SSSR count). The molecule has 0 radical (unpaired) electrons. The molecule has 0 fully saturated rings. The van der Waals surface area contributed by atoms with Crippen LogP contribution in [0.3, 0.4) is 0 Å². The fourth-order valence-electron chi connectivity index (χ4n) is 1.20. The molecule has 5 heteroatoms. The van der Waals surface area contributed by atoms with E-state index in [0.717, 1.165) is 6.92 Å². The van der Waals surface area contributed by atoms with E-state index in [0.29, 0.717) is 11.5 Å². The molecule has 1 atom stereocenters. The molecule has 1 aromatic rings. The Labute approximate surface area is 92.6 Å². The topological polar surface area (TPSA) is 55.8 Å². The van der Waals surface area contributed by atoms with Crippen LogP contribution in [0.2, 0.25) is 0 Å². The number of alkyl halides is 1. The molecule has 0 bridgehead atoms. The number of aliphatic carboxylic acids is 1. The summed E-state index contributed by atoms with van der Waals surface area (Å²) in [5.41, 5.74) is -2.49. The van der Waals surface area contributed by atoms with Gasteiger partial charge in [0.25, 0.3) is 0 Å². The van der Waals surface area contributed by atoms with Crippen LogP contribution in [0.5, 0.6) is 11.5 Å². The van der Waals surface area contributed by atoms with Crippen molar-refractivity contribution in [2.45, 2.75) is 12.6 Å². The number of carboxylic acids is 1. The van der Waals surface area contributed by atoms with Crippen LogP contribution in [0.25, 0.3) is 0 Å². The van der Waals surface area contributed by atoms with Crippen LogP contribution in [0.1, 0.15) is 12.5 Å². The van der Waals surface area contributed by atoms with Gasteiger partial charge >= 0.3 is 5.97 Å². The summed E-state index contributed by atoms with van der Waals surface area (Å²) in [6.45, 7) is 0.976. The van der Waals surface area contributed by atoms with Gasteiger partial charge in [0, 0.05) is 11.6 Å². The molecule has 0 aliphatic heterocycles. The third-order valence-electron chi connectivity index (χ3n) is 2.30. The van der Waals surface area contributed by atoms with Crippen molar-refractivity contribution < 1.29 is 23.8 Å². The number of ether oxygens (including phenoxy) is 2. The SMILES string of the molecule is COc1cc(OC)cc(C(C)(F)C(=O)O)c1. The standard InChI is InChI=1S/C11H13FO4/c1-11(12,10(13)14)7-4-8(15-2)6-9(5-7)16-3/h4-6H,1-3H3,(H,13,14). The molecule has 16 heavy (non-hydrogen) atoms. The number of hydrogen-bond donors (Lipinski definition) is 1. The molecule has 4 nitrogen and oxygen atoms in total. The number of rotatable bonds is 4. The van der Waals surface area contributed by atoms with Gasteiger partial charge in [-0.25, -0.2) is 9.18 Å². The Morgan fingerprint density at radius 3 is 2.00 bits per heavy atom. The average molecular weight is 228 g/mol. The summed E-state index contributed by atoms with van der Waals surface area (Å²) in [7, 11) is 2.82. The number of carboxylic acid groups (broad SMARTS) is 1. The van der Waals surface area contributed by atoms with E-state index in [1.807, 2.05) is 0 Å². The van der Waals surface area contributed by atoms with Crippen LogP contribution < -0.4 is 9.47 Å². The Morgan fingerprint density at radius 1 is 1.25 bits per heavy atom. The van der Waals surface area contributed by atoms with Crippen molar-refractivity contribution in [3.8, 4) is 11.5 Å². The highest BCUT2D eigenvalue weighted by molar-refractivity contribution is 5.79. The van der Waals surface area contributed by atoms with Crippen molar-refractivity contribution in [2.75, 3.05) is 14.2 Å². The van der Waals surface area contributed by atoms with Gasteiger partial charge in [-0.05, 0) is 19.1 Å². The van der Waals surface area contributed by atoms with Gasteiger partial charge in [0.1, 0.15) is 11.5 Å². The average Bonchev–Trinajstić information content (AvgIpc) is 2.27. The largest absolute Gasteiger partial charge is 0.497 e. The summed E-state index contributed by atoms with van der Waals surface area (Å²) in [5, 5.41) is 8.77. The third kappa shape index (κ3) is 2.24. The molecular weight excluding hydrogens is 215 g/mol. The Kier molecular flexibility index (Phi) is 3.37. The molecule has 1 aromatic carbocycles. The molecule has 0 amide bonds. The monoisotopic (exact) mass is 228 g/mol. The molecule has 0 aliphatic rings. The van der Waals surface area contributed by atoms with Crippen molar-refractivity contribution in [1.29, 1.82) is 0 Å². The first kappa shape index (κ1) is 12.3. The maximum Gasteiger partial charge on any atom is 0.345 e. The lowest BCUT2D eigenvalue weighted by atomic mass is 9.97. The first-order valence-corrected chi connectivity index (χ1v) is 4.57. The number of benzene rings is 1. The fraction of sp³-hybridized carbons (Fsp3) is 0.364. The summed E-state index contributed by atoms with van der Waals surface area (Å²) in [6, 6.07) is 4.20. The van der Waals surface area contributed by atoms with Gasteiger partial charge in [-0.3, -0.25) is 0 Å². The first-order chi connectivity index (χ1) is 7.41. The van der Waals surface area contributed by atoms with E-state index in [9.17, 15) is 9.18 Å². The zero-order chi connectivity index (χ0) is 12.3. The maximum absolute atomic E-state index is 13.9. The van der Waals surface area contributed by atoms with Gasteiger partial charge in [-0.15, -0.1) is 0 Å². The summed E-state index contributed by atoms with van der Waals surface area (Å²) >= 11 is 0. The Balaban J connectivity index is 3.27. The maximum atomic E-state index is 13.9. The second-order valence-corrected chi connectivity index (χ2v) is 3.41. The first-order valence-electron chi connectivity index (χ1n) is 4.57. The lowest BCUT2D eigenvalue weighted by molar-refractivity contribution is -0.150. The molecule has 1 unspecified atom stereocenters. The van der Waals surface area contributed by atoms with Crippen molar-refractivity contribution >= 4 is 5.97 Å². The quantitative estimate of drug-likeness (QED) is 0.856. The highest BCUT2D eigenvalue weighted by Crippen LogP contribution is 2.32. The number of halogens is 1. The van der Waals surface area contributed by atoms with Gasteiger partial charge in [0.15, 0.2) is 0 Å². The summed E-state index contributed by atoms with van der Waals surface area (Å²) < 4.78 is 23.7. The van der Waals surface area contributed by atoms with Crippen LogP contribution in [0, 0.1) is 0 Å². The van der Waals surface area contributed by atoms with Gasteiger partial charge in [-0.2, -0.15) is 0 Å². The van der Waals surface area contributed by atoms with E-state index in [4.69, 9.17) is 14.6 Å². The number of hydrogen-bond acceptors (Lipinski definition) is 3. The van der Waals surface area contributed by atoms with Crippen LogP contribution >= 0.6 is 0 Å². The number of methoxy groups -OCH3 is 2. The minimum absolute atomic E-state index is 0.0174. The Hall–Kier alpha value is -1.78. The Bertz CT molecular complexity index is 379. The lowest BCUT2D eigenvalue weighted by Crippen LogP contribution is -2.26. The molecule has 1 N–H and O–H groups in total. The zero-order valence-corrected chi connectivity index (χ0v) is 9.28. The second-order valence-electron chi connectivity index (χ2n) is 3.41. The van der Waals surface area contributed by atoms with Crippen LogP contribution in [0.4, 0.5) is 4.39 Å². The lowest BCUT2D eigenvalue weighted by Gasteiger charge is -2.17. The molecule has 0 saturated carbocycles. The van der Waals surface area contributed by atoms with Crippen LogP contribution in [-0.2, 0) is 10.5 Å². The van der Waals surface area contributed by atoms with Crippen molar-refractivity contribution in [2.24, 2.45) is 0 Å². The van der Waals surface area contributed by atoms with E-state index in [1.54, 1.807) is 6.07 Å². The summed E-state index contributed by atoms with van der Waals surface area (Å²) in [6.07, 6.45) is 0. The molecule has 0 aromatic heterocycles. The molecule has 0 heterocycles.